The lowest BCUT2D eigenvalue weighted by atomic mass is 10.0. The molecule has 0 rings (SSSR count). The van der Waals surface area contributed by atoms with Crippen LogP contribution in [0.2, 0.25) is 0 Å². The third-order valence-electron chi connectivity index (χ3n) is 10.0. The van der Waals surface area contributed by atoms with E-state index in [0.717, 1.165) is 83.5 Å². The van der Waals surface area contributed by atoms with Crippen molar-refractivity contribution in [3.8, 4) is 0 Å². The Bertz CT molecular complexity index is 926. The third-order valence-corrected chi connectivity index (χ3v) is 10.0. The zero-order valence-corrected chi connectivity index (χ0v) is 35.4. The molecule has 314 valence electrons. The van der Waals surface area contributed by atoms with Crippen molar-refractivity contribution < 1.29 is 24.5 Å². The Balaban J connectivity index is 3.63. The SMILES string of the molecule is CCC/C=C\C/C=C\CCCCCCCC(=O)OCCCCCC/C=C\CCCC(=O)NC(CO)C(O)/C=C/CCCCCCCCCCCCCCC. The van der Waals surface area contributed by atoms with Crippen LogP contribution in [0.1, 0.15) is 219 Å². The van der Waals surface area contributed by atoms with Gasteiger partial charge in [0.15, 0.2) is 0 Å². The maximum absolute atomic E-state index is 12.4. The quantitative estimate of drug-likeness (QED) is 0.0328. The number of rotatable bonds is 41. The maximum Gasteiger partial charge on any atom is 0.305 e. The van der Waals surface area contributed by atoms with Crippen LogP contribution in [0.4, 0.5) is 0 Å². The van der Waals surface area contributed by atoms with Gasteiger partial charge in [0.05, 0.1) is 25.4 Å². The zero-order valence-electron chi connectivity index (χ0n) is 35.4. The summed E-state index contributed by atoms with van der Waals surface area (Å²) < 4.78 is 5.41. The molecule has 3 N–H and O–H groups in total. The summed E-state index contributed by atoms with van der Waals surface area (Å²) in [5.41, 5.74) is 0. The van der Waals surface area contributed by atoms with Crippen molar-refractivity contribution in [3.05, 3.63) is 48.6 Å². The van der Waals surface area contributed by atoms with Gasteiger partial charge in [0.1, 0.15) is 0 Å². The van der Waals surface area contributed by atoms with E-state index in [1.807, 2.05) is 6.08 Å². The molecular weight excluding hydrogens is 671 g/mol. The summed E-state index contributed by atoms with van der Waals surface area (Å²) in [6.45, 7) is 4.72. The second-order valence-corrected chi connectivity index (χ2v) is 15.4. The van der Waals surface area contributed by atoms with Crippen molar-refractivity contribution in [3.63, 3.8) is 0 Å². The average Bonchev–Trinajstić information content (AvgIpc) is 3.17. The first-order valence-corrected chi connectivity index (χ1v) is 22.9. The Morgan fingerprint density at radius 1 is 0.519 bits per heavy atom. The van der Waals surface area contributed by atoms with Gasteiger partial charge in [0.25, 0.3) is 0 Å². The molecule has 0 aromatic rings. The molecule has 6 heteroatoms. The van der Waals surface area contributed by atoms with E-state index >= 15 is 0 Å². The first kappa shape index (κ1) is 51.8. The number of ether oxygens (including phenoxy) is 1. The molecule has 0 aromatic carbocycles. The molecule has 0 aliphatic heterocycles. The maximum atomic E-state index is 12.4. The highest BCUT2D eigenvalue weighted by atomic mass is 16.5. The van der Waals surface area contributed by atoms with Gasteiger partial charge in [0.2, 0.25) is 5.91 Å². The summed E-state index contributed by atoms with van der Waals surface area (Å²) >= 11 is 0. The van der Waals surface area contributed by atoms with Crippen LogP contribution in [0, 0.1) is 0 Å². The summed E-state index contributed by atoms with van der Waals surface area (Å²) in [6.07, 6.45) is 52.4. The predicted octanol–water partition coefficient (Wildman–Crippen LogP) is 13.1. The van der Waals surface area contributed by atoms with E-state index in [1.54, 1.807) is 6.08 Å². The number of aliphatic hydroxyl groups is 2. The molecule has 0 saturated heterocycles. The summed E-state index contributed by atoms with van der Waals surface area (Å²) in [5, 5.41) is 22.9. The van der Waals surface area contributed by atoms with Gasteiger partial charge in [-0.05, 0) is 77.0 Å². The molecule has 2 atom stereocenters. The van der Waals surface area contributed by atoms with Crippen molar-refractivity contribution in [2.75, 3.05) is 13.2 Å². The number of allylic oxidation sites excluding steroid dienone is 7. The molecule has 54 heavy (non-hydrogen) atoms. The van der Waals surface area contributed by atoms with E-state index in [-0.39, 0.29) is 18.5 Å². The molecule has 0 aromatic heterocycles. The number of hydrogen-bond acceptors (Lipinski definition) is 5. The van der Waals surface area contributed by atoms with E-state index in [9.17, 15) is 19.8 Å². The van der Waals surface area contributed by atoms with Crippen LogP contribution in [0.3, 0.4) is 0 Å². The summed E-state index contributed by atoms with van der Waals surface area (Å²) in [7, 11) is 0. The molecule has 0 fully saturated rings. The van der Waals surface area contributed by atoms with E-state index in [4.69, 9.17) is 4.74 Å². The molecule has 0 radical (unpaired) electrons. The molecular formula is C48H87NO5. The molecule has 6 nitrogen and oxygen atoms in total. The second-order valence-electron chi connectivity index (χ2n) is 15.4. The van der Waals surface area contributed by atoms with Crippen LogP contribution in [-0.2, 0) is 14.3 Å². The van der Waals surface area contributed by atoms with Crippen molar-refractivity contribution in [1.82, 2.24) is 5.32 Å². The number of carbonyl (C=O) groups excluding carboxylic acids is 2. The van der Waals surface area contributed by atoms with Crippen LogP contribution in [0.15, 0.2) is 48.6 Å². The number of nitrogens with one attached hydrogen (secondary N) is 1. The highest BCUT2D eigenvalue weighted by Gasteiger charge is 2.17. The number of aliphatic hydroxyl groups excluding tert-OH is 2. The van der Waals surface area contributed by atoms with Crippen molar-refractivity contribution in [1.29, 1.82) is 0 Å². The van der Waals surface area contributed by atoms with Crippen LogP contribution < -0.4 is 5.32 Å². The summed E-state index contributed by atoms with van der Waals surface area (Å²) in [5.74, 6) is -0.186. The lowest BCUT2D eigenvalue weighted by Crippen LogP contribution is -2.45. The zero-order chi connectivity index (χ0) is 39.4. The van der Waals surface area contributed by atoms with Gasteiger partial charge in [0, 0.05) is 12.8 Å². The minimum absolute atomic E-state index is 0.0547. The fourth-order valence-corrected chi connectivity index (χ4v) is 6.50. The first-order valence-electron chi connectivity index (χ1n) is 22.9. The van der Waals surface area contributed by atoms with Gasteiger partial charge in [-0.15, -0.1) is 0 Å². The minimum atomic E-state index is -0.876. The van der Waals surface area contributed by atoms with Gasteiger partial charge in [-0.2, -0.15) is 0 Å². The van der Waals surface area contributed by atoms with Crippen molar-refractivity contribution in [2.45, 2.75) is 231 Å². The lowest BCUT2D eigenvalue weighted by molar-refractivity contribution is -0.143. The highest BCUT2D eigenvalue weighted by molar-refractivity contribution is 5.76. The smallest absolute Gasteiger partial charge is 0.305 e. The monoisotopic (exact) mass is 758 g/mol. The van der Waals surface area contributed by atoms with Gasteiger partial charge in [-0.1, -0.05) is 178 Å². The molecule has 2 unspecified atom stereocenters. The Morgan fingerprint density at radius 2 is 0.981 bits per heavy atom. The summed E-state index contributed by atoms with van der Waals surface area (Å²) in [4.78, 5) is 24.3. The van der Waals surface area contributed by atoms with Crippen molar-refractivity contribution >= 4 is 11.9 Å². The molecule has 0 spiro atoms. The number of esters is 1. The third kappa shape index (κ3) is 39.5. The second kappa shape index (κ2) is 43.5. The van der Waals surface area contributed by atoms with Crippen LogP contribution >= 0.6 is 0 Å². The lowest BCUT2D eigenvalue weighted by Gasteiger charge is -2.19. The van der Waals surface area contributed by atoms with Gasteiger partial charge >= 0.3 is 5.97 Å². The number of carbonyl (C=O) groups is 2. The van der Waals surface area contributed by atoms with Gasteiger partial charge < -0.3 is 20.3 Å². The largest absolute Gasteiger partial charge is 0.466 e. The molecule has 0 saturated carbocycles. The van der Waals surface area contributed by atoms with Gasteiger partial charge in [-0.3, -0.25) is 9.59 Å². The van der Waals surface area contributed by atoms with E-state index in [0.29, 0.717) is 19.4 Å². The Hall–Kier alpha value is -2.18. The number of hydrogen-bond donors (Lipinski definition) is 3. The molecule has 0 bridgehead atoms. The fourth-order valence-electron chi connectivity index (χ4n) is 6.50. The Morgan fingerprint density at radius 3 is 1.54 bits per heavy atom. The van der Waals surface area contributed by atoms with Crippen LogP contribution in [-0.4, -0.2) is 47.4 Å². The normalized spacial score (nSPS) is 13.2. The molecule has 1 amide bonds. The van der Waals surface area contributed by atoms with Crippen LogP contribution in [0.25, 0.3) is 0 Å². The van der Waals surface area contributed by atoms with Gasteiger partial charge in [-0.25, -0.2) is 0 Å². The molecule has 0 heterocycles. The Kier molecular flexibility index (Phi) is 41.8. The minimum Gasteiger partial charge on any atom is -0.466 e. The standard InChI is InChI=1S/C48H87NO5/c1-3-5-7-9-11-13-15-17-18-20-21-24-28-32-36-40-46(51)45(44-50)49-47(52)41-37-33-29-25-23-27-31-35-39-43-54-48(53)42-38-34-30-26-22-19-16-14-12-10-8-6-4-2/h8,10,14,16,25,29,36,40,45-46,50-51H,3-7,9,11-13,15,17-24,26-28,30-35,37-39,41-44H2,1-2H3,(H,49,52)/b10-8-,16-14-,29-25-,40-36+. The van der Waals surface area contributed by atoms with Crippen LogP contribution in [0.5, 0.6) is 0 Å². The predicted molar refractivity (Wildman–Crippen MR) is 232 cm³/mol. The van der Waals surface area contributed by atoms with Crippen molar-refractivity contribution in [2.24, 2.45) is 0 Å². The average molecular weight is 758 g/mol. The van der Waals surface area contributed by atoms with E-state index in [2.05, 4.69) is 55.6 Å². The Labute approximate surface area is 334 Å². The number of amides is 1. The fraction of sp³-hybridized carbons (Fsp3) is 0.792. The van der Waals surface area contributed by atoms with E-state index < -0.39 is 12.1 Å². The first-order chi connectivity index (χ1) is 26.5. The molecule has 0 aliphatic carbocycles. The molecule has 0 aliphatic rings. The van der Waals surface area contributed by atoms with E-state index in [1.165, 1.54) is 109 Å². The topological polar surface area (TPSA) is 95.9 Å². The highest BCUT2D eigenvalue weighted by Crippen LogP contribution is 2.14. The number of unbranched alkanes of at least 4 members (excludes halogenated alkanes) is 24. The summed E-state index contributed by atoms with van der Waals surface area (Å²) in [6, 6.07) is -0.666.